The van der Waals surface area contributed by atoms with Crippen LogP contribution >= 0.6 is 0 Å². The zero-order valence-electron chi connectivity index (χ0n) is 38.0. The summed E-state index contributed by atoms with van der Waals surface area (Å²) in [4.78, 5) is 10.9. The highest BCUT2D eigenvalue weighted by atomic mass is 16.5. The molecule has 6 nitrogen and oxygen atoms in total. The molecule has 0 saturated carbocycles. The molecule has 0 saturated heterocycles. The third kappa shape index (κ3) is 6.47. The molecule has 69 heavy (non-hydrogen) atoms. The summed E-state index contributed by atoms with van der Waals surface area (Å²) < 4.78 is 12.4. The second-order valence-electron chi connectivity index (χ2n) is 18.6. The number of para-hydroxylation sites is 3. The largest absolute Gasteiger partial charge is 0.482 e. The van der Waals surface area contributed by atoms with Crippen LogP contribution in [0.4, 0.5) is 0 Å². The molecule has 0 fully saturated rings. The number of aromatic nitrogens is 2. The monoisotopic (exact) mass is 889 g/mol. The number of ether oxygens (including phenoxy) is 1. The van der Waals surface area contributed by atoms with Gasteiger partial charge in [-0.05, 0) is 90.4 Å². The number of fused-ring (bicyclic) bond motifs is 9. The quantitative estimate of drug-likeness (QED) is 0.173. The Morgan fingerprint density at radius 1 is 0.565 bits per heavy atom. The van der Waals surface area contributed by atoms with Crippen molar-refractivity contribution in [2.45, 2.75) is 43.9 Å². The van der Waals surface area contributed by atoms with Gasteiger partial charge in [-0.1, -0.05) is 170 Å². The fourth-order valence-electron chi connectivity index (χ4n) is 11.5. The van der Waals surface area contributed by atoms with Crippen molar-refractivity contribution >= 4 is 72.1 Å². The van der Waals surface area contributed by atoms with Gasteiger partial charge in [0.25, 0.3) is 0 Å². The fourth-order valence-corrected chi connectivity index (χ4v) is 11.5. The third-order valence-electron chi connectivity index (χ3n) is 14.7. The van der Waals surface area contributed by atoms with Gasteiger partial charge in [0.1, 0.15) is 23.5 Å². The number of amidine groups is 2. The van der Waals surface area contributed by atoms with Crippen LogP contribution in [0.5, 0.6) is 5.75 Å². The number of allylic oxidation sites excluding steroid dienone is 9. The van der Waals surface area contributed by atoms with Crippen molar-refractivity contribution in [3.63, 3.8) is 0 Å². The summed E-state index contributed by atoms with van der Waals surface area (Å²) in [6.45, 7) is 0. The van der Waals surface area contributed by atoms with E-state index in [4.69, 9.17) is 14.7 Å². The molecule has 3 atom stereocenters. The molecule has 330 valence electrons. The lowest BCUT2D eigenvalue weighted by molar-refractivity contribution is 0.272. The normalized spacial score (nSPS) is 19.6. The Balaban J connectivity index is 0.889. The molecule has 3 aliphatic carbocycles. The van der Waals surface area contributed by atoms with E-state index in [-0.39, 0.29) is 18.2 Å². The number of aliphatic imine (C=N–C) groups is 2. The Labute approximate surface area is 400 Å². The molecule has 0 bridgehead atoms. The van der Waals surface area contributed by atoms with Crippen LogP contribution in [0.15, 0.2) is 228 Å². The minimum atomic E-state index is -0.378. The van der Waals surface area contributed by atoms with E-state index in [1.165, 1.54) is 60.4 Å². The first kappa shape index (κ1) is 39.7. The summed E-state index contributed by atoms with van der Waals surface area (Å²) in [6.07, 6.45) is 21.3. The van der Waals surface area contributed by atoms with Crippen molar-refractivity contribution in [1.82, 2.24) is 14.5 Å². The average Bonchev–Trinajstić information content (AvgIpc) is 4.09. The molecule has 7 aromatic carbocycles. The molecule has 9 aromatic rings. The molecule has 3 unspecified atom stereocenters. The molecule has 1 N–H and O–H groups in total. The number of rotatable bonds is 7. The molecule has 14 rings (SSSR count). The van der Waals surface area contributed by atoms with Crippen molar-refractivity contribution in [2.24, 2.45) is 9.98 Å². The van der Waals surface area contributed by atoms with Gasteiger partial charge in [0.05, 0.1) is 27.8 Å². The number of nitrogens with zero attached hydrogens (tertiary/aromatic N) is 4. The van der Waals surface area contributed by atoms with Gasteiger partial charge in [0, 0.05) is 55.4 Å². The summed E-state index contributed by atoms with van der Waals surface area (Å²) in [7, 11) is 0. The minimum Gasteiger partial charge on any atom is -0.482 e. The van der Waals surface area contributed by atoms with Crippen LogP contribution in [0, 0.1) is 0 Å². The molecule has 2 aromatic heterocycles. The van der Waals surface area contributed by atoms with Crippen molar-refractivity contribution in [3.8, 4) is 11.4 Å². The average molecular weight is 890 g/mol. The minimum absolute atomic E-state index is 0.0201. The van der Waals surface area contributed by atoms with E-state index in [0.717, 1.165) is 82.2 Å². The fraction of sp³-hybridized carbons (Fsp3) is 0.111. The van der Waals surface area contributed by atoms with E-state index in [1.807, 2.05) is 0 Å². The van der Waals surface area contributed by atoms with Crippen LogP contribution in [0.25, 0.3) is 66.1 Å². The van der Waals surface area contributed by atoms with E-state index in [1.54, 1.807) is 0 Å². The maximum atomic E-state index is 7.52. The lowest BCUT2D eigenvalue weighted by Crippen LogP contribution is -2.38. The Kier molecular flexibility index (Phi) is 9.26. The first-order valence-corrected chi connectivity index (χ1v) is 24.3. The van der Waals surface area contributed by atoms with Gasteiger partial charge in [0.15, 0.2) is 6.17 Å². The van der Waals surface area contributed by atoms with Crippen molar-refractivity contribution < 1.29 is 4.74 Å². The van der Waals surface area contributed by atoms with Crippen LogP contribution in [0.2, 0.25) is 0 Å². The zero-order valence-corrected chi connectivity index (χ0v) is 38.0. The highest BCUT2D eigenvalue weighted by Gasteiger charge is 2.41. The smallest absolute Gasteiger partial charge is 0.166 e. The van der Waals surface area contributed by atoms with Gasteiger partial charge in [0.2, 0.25) is 0 Å². The predicted molar refractivity (Wildman–Crippen MR) is 285 cm³/mol. The molecular formula is C63H47N5O. The Hall–Kier alpha value is -8.48. The zero-order chi connectivity index (χ0) is 45.4. The number of hydrogen-bond donors (Lipinski definition) is 1. The van der Waals surface area contributed by atoms with E-state index in [2.05, 4.69) is 227 Å². The SMILES string of the molecule is C1=CCCC(c2c(C3=NC(C4=CC(c5ccccc5)=CCC4)N=C(c4ccccc4)N3)ccc3c2OC2C(n4c5ccccc5c5cc(-n6c7ccccc7c7ccccc76)ccc54)=CC=CC32)=C1. The molecule has 0 spiro atoms. The van der Waals surface area contributed by atoms with E-state index in [9.17, 15) is 0 Å². The second kappa shape index (κ2) is 16.1. The van der Waals surface area contributed by atoms with Gasteiger partial charge in [-0.2, -0.15) is 0 Å². The van der Waals surface area contributed by atoms with Gasteiger partial charge in [-0.15, -0.1) is 0 Å². The number of hydrogen-bond acceptors (Lipinski definition) is 4. The first-order valence-electron chi connectivity index (χ1n) is 24.3. The second-order valence-corrected chi connectivity index (χ2v) is 18.6. The highest BCUT2D eigenvalue weighted by molar-refractivity contribution is 6.18. The summed E-state index contributed by atoms with van der Waals surface area (Å²) in [6, 6.07) is 58.9. The highest BCUT2D eigenvalue weighted by Crippen LogP contribution is 2.51. The Bertz CT molecular complexity index is 3800. The number of nitrogens with one attached hydrogen (secondary N) is 1. The molecule has 0 amide bonds. The maximum Gasteiger partial charge on any atom is 0.166 e. The van der Waals surface area contributed by atoms with Crippen LogP contribution in [-0.4, -0.2) is 33.1 Å². The van der Waals surface area contributed by atoms with Crippen molar-refractivity contribution in [3.05, 3.63) is 246 Å². The lowest BCUT2D eigenvalue weighted by Gasteiger charge is -2.27. The van der Waals surface area contributed by atoms with Crippen molar-refractivity contribution in [1.29, 1.82) is 0 Å². The lowest BCUT2D eigenvalue weighted by atomic mass is 9.85. The summed E-state index contributed by atoms with van der Waals surface area (Å²) in [5, 5.41) is 8.70. The molecule has 4 heterocycles. The molecule has 2 aliphatic heterocycles. The third-order valence-corrected chi connectivity index (χ3v) is 14.7. The molecule has 0 radical (unpaired) electrons. The van der Waals surface area contributed by atoms with E-state index in [0.29, 0.717) is 0 Å². The topological polar surface area (TPSA) is 55.8 Å². The van der Waals surface area contributed by atoms with Gasteiger partial charge < -0.3 is 19.2 Å². The summed E-state index contributed by atoms with van der Waals surface area (Å²) in [5.41, 5.74) is 16.3. The molecule has 6 heteroatoms. The van der Waals surface area contributed by atoms with E-state index >= 15 is 0 Å². The number of benzene rings is 7. The van der Waals surface area contributed by atoms with Gasteiger partial charge in [-0.25, -0.2) is 9.98 Å². The Morgan fingerprint density at radius 2 is 1.23 bits per heavy atom. The van der Waals surface area contributed by atoms with Crippen LogP contribution in [-0.2, 0) is 0 Å². The van der Waals surface area contributed by atoms with Crippen LogP contribution in [0.1, 0.15) is 59.4 Å². The van der Waals surface area contributed by atoms with Crippen LogP contribution in [0.3, 0.4) is 0 Å². The Morgan fingerprint density at radius 3 is 1.97 bits per heavy atom. The van der Waals surface area contributed by atoms with Crippen molar-refractivity contribution in [2.75, 3.05) is 0 Å². The van der Waals surface area contributed by atoms with E-state index < -0.39 is 0 Å². The van der Waals surface area contributed by atoms with Gasteiger partial charge in [-0.3, -0.25) is 0 Å². The predicted octanol–water partition coefficient (Wildman–Crippen LogP) is 14.5. The van der Waals surface area contributed by atoms with Crippen LogP contribution < -0.4 is 10.1 Å². The van der Waals surface area contributed by atoms with Gasteiger partial charge >= 0.3 is 0 Å². The maximum absolute atomic E-state index is 7.52. The summed E-state index contributed by atoms with van der Waals surface area (Å²) >= 11 is 0. The standard InChI is InChI=1S/C63H47N5O/c1-4-18-40(19-5-1)43-24-16-25-44(38-43)62-64-61(42-22-8-3-9-23-42)65-63(66-62)51-36-35-50-49-29-17-33-57(59(49)69-60(50)58(51)41-20-6-2-7-21-41)68-55-32-15-12-28-48(55)52-39-45(34-37-56(52)68)67-53-30-13-10-26-46(53)47-27-11-14-31-54(47)67/h1-6,8-15,17-20,22-24,26-39,49,59,62H,7,16,21,25H2,(H,64,65,66). The summed E-state index contributed by atoms with van der Waals surface area (Å²) in [5.74, 6) is 2.59. The first-order chi connectivity index (χ1) is 34.2. The molecular weight excluding hydrogens is 843 g/mol. The molecule has 5 aliphatic rings.